The minimum atomic E-state index is -0.128. The highest BCUT2D eigenvalue weighted by molar-refractivity contribution is 5.96. The van der Waals surface area contributed by atoms with Gasteiger partial charge in [-0.1, -0.05) is 18.2 Å². The van der Waals surface area contributed by atoms with E-state index in [1.807, 2.05) is 18.2 Å². The molecule has 1 aliphatic carbocycles. The van der Waals surface area contributed by atoms with E-state index in [4.69, 9.17) is 4.74 Å². The quantitative estimate of drug-likeness (QED) is 0.713. The van der Waals surface area contributed by atoms with Gasteiger partial charge in [-0.3, -0.25) is 4.79 Å². The van der Waals surface area contributed by atoms with Crippen LogP contribution < -0.4 is 9.64 Å². The Morgan fingerprint density at radius 2 is 1.90 bits per heavy atom. The van der Waals surface area contributed by atoms with Crippen LogP contribution in [0.3, 0.4) is 0 Å². The van der Waals surface area contributed by atoms with Gasteiger partial charge in [0.05, 0.1) is 0 Å². The summed E-state index contributed by atoms with van der Waals surface area (Å²) in [5.74, 6) is 1.38. The third-order valence-electron chi connectivity index (χ3n) is 5.78. The number of hydrogen-bond donors (Lipinski definition) is 1. The van der Waals surface area contributed by atoms with E-state index in [9.17, 15) is 9.90 Å². The molecule has 1 saturated carbocycles. The summed E-state index contributed by atoms with van der Waals surface area (Å²) >= 11 is 0. The largest absolute Gasteiger partial charge is 0.506 e. The van der Waals surface area contributed by atoms with Crippen molar-refractivity contribution in [3.63, 3.8) is 0 Å². The molecule has 2 fully saturated rings. The molecular formula is C22H23N5O3. The van der Waals surface area contributed by atoms with E-state index in [0.717, 1.165) is 24.0 Å². The summed E-state index contributed by atoms with van der Waals surface area (Å²) in [7, 11) is 0. The van der Waals surface area contributed by atoms with Crippen LogP contribution in [0.4, 0.5) is 5.82 Å². The van der Waals surface area contributed by atoms with E-state index in [2.05, 4.69) is 19.9 Å². The first-order valence-corrected chi connectivity index (χ1v) is 10.3. The molecule has 2 aliphatic rings. The van der Waals surface area contributed by atoms with Crippen molar-refractivity contribution in [3.05, 3.63) is 48.4 Å². The lowest BCUT2D eigenvalue weighted by molar-refractivity contribution is 0.0740. The second kappa shape index (κ2) is 7.78. The van der Waals surface area contributed by atoms with E-state index in [-0.39, 0.29) is 17.8 Å². The van der Waals surface area contributed by atoms with Crippen molar-refractivity contribution in [2.24, 2.45) is 0 Å². The number of ether oxygens (including phenoxy) is 1. The van der Waals surface area contributed by atoms with Crippen LogP contribution in [0.15, 0.2) is 42.7 Å². The van der Waals surface area contributed by atoms with Crippen molar-refractivity contribution in [1.29, 1.82) is 0 Å². The van der Waals surface area contributed by atoms with E-state index < -0.39 is 0 Å². The summed E-state index contributed by atoms with van der Waals surface area (Å²) in [6.45, 7) is 2.49. The maximum absolute atomic E-state index is 12.9. The molecule has 3 heterocycles. The van der Waals surface area contributed by atoms with Crippen LogP contribution >= 0.6 is 0 Å². The van der Waals surface area contributed by atoms with Crippen molar-refractivity contribution >= 4 is 22.6 Å². The van der Waals surface area contributed by atoms with E-state index in [1.54, 1.807) is 23.1 Å². The number of carbonyl (C=O) groups is 1. The number of carbonyl (C=O) groups excluding carboxylic acids is 1. The highest BCUT2D eigenvalue weighted by Gasteiger charge is 2.25. The van der Waals surface area contributed by atoms with E-state index in [0.29, 0.717) is 43.3 Å². The highest BCUT2D eigenvalue weighted by Crippen LogP contribution is 2.26. The first-order chi connectivity index (χ1) is 14.7. The number of nitrogens with zero attached hydrogens (tertiary/aromatic N) is 5. The van der Waals surface area contributed by atoms with Gasteiger partial charge in [-0.25, -0.2) is 15.0 Å². The Morgan fingerprint density at radius 3 is 2.67 bits per heavy atom. The molecule has 1 aliphatic heterocycles. The highest BCUT2D eigenvalue weighted by atomic mass is 16.5. The molecule has 1 N–H and O–H groups in total. The fraction of sp³-hybridized carbons (Fsp3) is 0.364. The van der Waals surface area contributed by atoms with Gasteiger partial charge in [-0.05, 0) is 31.4 Å². The number of piperazine rings is 1. The fourth-order valence-corrected chi connectivity index (χ4v) is 3.78. The number of fused-ring (bicyclic) bond motifs is 1. The number of phenols is 1. The number of aromatic nitrogens is 3. The topological polar surface area (TPSA) is 91.7 Å². The zero-order valence-corrected chi connectivity index (χ0v) is 16.6. The van der Waals surface area contributed by atoms with Crippen LogP contribution in [0.1, 0.15) is 29.8 Å². The van der Waals surface area contributed by atoms with Crippen LogP contribution in [-0.4, -0.2) is 63.1 Å². The van der Waals surface area contributed by atoms with Crippen molar-refractivity contribution in [3.8, 4) is 11.6 Å². The second-order valence-electron chi connectivity index (χ2n) is 7.71. The first kappa shape index (κ1) is 18.6. The molecule has 0 unspecified atom stereocenters. The van der Waals surface area contributed by atoms with E-state index in [1.165, 1.54) is 12.7 Å². The molecule has 30 heavy (non-hydrogen) atoms. The van der Waals surface area contributed by atoms with Gasteiger partial charge in [-0.2, -0.15) is 0 Å². The zero-order valence-electron chi connectivity index (χ0n) is 16.6. The number of benzene rings is 1. The second-order valence-corrected chi connectivity index (χ2v) is 7.71. The predicted molar refractivity (Wildman–Crippen MR) is 112 cm³/mol. The molecule has 0 spiro atoms. The Kier molecular flexibility index (Phi) is 4.82. The molecule has 0 atom stereocenters. The maximum Gasteiger partial charge on any atom is 0.272 e. The van der Waals surface area contributed by atoms with Crippen molar-refractivity contribution in [2.75, 3.05) is 31.1 Å². The van der Waals surface area contributed by atoms with Crippen LogP contribution in [0.5, 0.6) is 11.6 Å². The summed E-state index contributed by atoms with van der Waals surface area (Å²) in [6.07, 6.45) is 5.19. The average molecular weight is 405 g/mol. The van der Waals surface area contributed by atoms with Crippen LogP contribution in [0, 0.1) is 0 Å². The Bertz CT molecular complexity index is 1080. The Hall–Kier alpha value is -3.42. The van der Waals surface area contributed by atoms with Gasteiger partial charge in [0.25, 0.3) is 5.91 Å². The molecule has 154 valence electrons. The molecule has 5 rings (SSSR count). The predicted octanol–water partition coefficient (Wildman–Crippen LogP) is 2.62. The summed E-state index contributed by atoms with van der Waals surface area (Å²) < 4.78 is 5.87. The zero-order chi connectivity index (χ0) is 20.5. The molecule has 0 radical (unpaired) electrons. The number of aromatic hydroxyl groups is 1. The molecule has 8 heteroatoms. The van der Waals surface area contributed by atoms with Crippen LogP contribution in [0.2, 0.25) is 0 Å². The van der Waals surface area contributed by atoms with Crippen molar-refractivity contribution < 1.29 is 14.6 Å². The third-order valence-corrected chi connectivity index (χ3v) is 5.78. The minimum Gasteiger partial charge on any atom is -0.506 e. The summed E-state index contributed by atoms with van der Waals surface area (Å²) in [6, 6.07) is 10.6. The number of para-hydroxylation sites is 1. The molecule has 1 saturated heterocycles. The van der Waals surface area contributed by atoms with Gasteiger partial charge in [0, 0.05) is 37.6 Å². The molecule has 1 aromatic carbocycles. The lowest BCUT2D eigenvalue weighted by atomic mass is 9.96. The number of phenolic OH excluding ortho intramolecular Hbond substituents is 1. The number of pyridine rings is 1. The molecule has 1 amide bonds. The summed E-state index contributed by atoms with van der Waals surface area (Å²) in [5, 5.41) is 10.8. The summed E-state index contributed by atoms with van der Waals surface area (Å²) in [4.78, 5) is 29.8. The average Bonchev–Trinajstić information content (AvgIpc) is 2.76. The SMILES string of the molecule is O=C(c1ccc2cccc(O)c2n1)N1CCN(c2cc(OC3CCC3)ncn2)CC1. The van der Waals surface area contributed by atoms with Gasteiger partial charge in [-0.15, -0.1) is 0 Å². The number of amides is 1. The van der Waals surface area contributed by atoms with E-state index >= 15 is 0 Å². The van der Waals surface area contributed by atoms with Crippen LogP contribution in [-0.2, 0) is 0 Å². The number of hydrogen-bond acceptors (Lipinski definition) is 7. The van der Waals surface area contributed by atoms with Gasteiger partial charge in [0.2, 0.25) is 5.88 Å². The van der Waals surface area contributed by atoms with Gasteiger partial charge in [0.1, 0.15) is 35.2 Å². The number of anilines is 1. The normalized spacial score (nSPS) is 17.1. The maximum atomic E-state index is 12.9. The van der Waals surface area contributed by atoms with Crippen molar-refractivity contribution in [2.45, 2.75) is 25.4 Å². The fourth-order valence-electron chi connectivity index (χ4n) is 3.78. The standard InChI is InChI=1S/C22H23N5O3/c28-18-6-1-3-15-7-8-17(25-21(15)18)22(29)27-11-9-26(10-12-27)19-13-20(24-14-23-19)30-16-4-2-5-16/h1,3,6-8,13-14,16,28H,2,4-5,9-12H2. The lowest BCUT2D eigenvalue weighted by Gasteiger charge is -2.35. The molecular weight excluding hydrogens is 382 g/mol. The monoisotopic (exact) mass is 405 g/mol. The lowest BCUT2D eigenvalue weighted by Crippen LogP contribution is -2.49. The summed E-state index contributed by atoms with van der Waals surface area (Å²) in [5.41, 5.74) is 0.789. The first-order valence-electron chi connectivity index (χ1n) is 10.3. The molecule has 0 bridgehead atoms. The Morgan fingerprint density at radius 1 is 1.07 bits per heavy atom. The smallest absolute Gasteiger partial charge is 0.272 e. The molecule has 8 nitrogen and oxygen atoms in total. The van der Waals surface area contributed by atoms with Crippen molar-refractivity contribution in [1.82, 2.24) is 19.9 Å². The number of rotatable bonds is 4. The van der Waals surface area contributed by atoms with Gasteiger partial charge < -0.3 is 19.6 Å². The Labute approximate surface area is 174 Å². The molecule has 3 aromatic rings. The third kappa shape index (κ3) is 3.60. The van der Waals surface area contributed by atoms with Crippen LogP contribution in [0.25, 0.3) is 10.9 Å². The molecule has 2 aromatic heterocycles. The Balaban J connectivity index is 1.25. The van der Waals surface area contributed by atoms with Gasteiger partial charge in [0.15, 0.2) is 0 Å². The minimum absolute atomic E-state index is 0.0793. The van der Waals surface area contributed by atoms with Gasteiger partial charge >= 0.3 is 0 Å².